The Morgan fingerprint density at radius 2 is 1.88 bits per heavy atom. The summed E-state index contributed by atoms with van der Waals surface area (Å²) in [5, 5.41) is 0. The molecule has 0 atom stereocenters. The summed E-state index contributed by atoms with van der Waals surface area (Å²) < 4.78 is 0. The van der Waals surface area contributed by atoms with E-state index in [4.69, 9.17) is 5.73 Å². The first-order valence-corrected chi connectivity index (χ1v) is 7.50. The second kappa shape index (κ2) is 7.38. The summed E-state index contributed by atoms with van der Waals surface area (Å²) in [6.07, 6.45) is 8.21. The molecule has 1 heterocycles. The van der Waals surface area contributed by atoms with E-state index in [2.05, 4.69) is 25.7 Å². The highest BCUT2D eigenvalue weighted by molar-refractivity contribution is 4.74. The molecule has 1 rings (SSSR count). The third-order valence-corrected chi connectivity index (χ3v) is 4.28. The Morgan fingerprint density at radius 1 is 1.24 bits per heavy atom. The predicted octanol–water partition coefficient (Wildman–Crippen LogP) is 3.26. The van der Waals surface area contributed by atoms with Crippen molar-refractivity contribution in [2.24, 2.45) is 17.1 Å². The lowest BCUT2D eigenvalue weighted by Crippen LogP contribution is -2.35. The van der Waals surface area contributed by atoms with Crippen LogP contribution in [0.1, 0.15) is 59.3 Å². The van der Waals surface area contributed by atoms with Gasteiger partial charge in [-0.25, -0.2) is 0 Å². The van der Waals surface area contributed by atoms with Gasteiger partial charge in [0.05, 0.1) is 0 Å². The van der Waals surface area contributed by atoms with E-state index in [9.17, 15) is 0 Å². The Labute approximate surface area is 108 Å². The summed E-state index contributed by atoms with van der Waals surface area (Å²) in [5.74, 6) is 1.01. The van der Waals surface area contributed by atoms with Crippen molar-refractivity contribution in [3.63, 3.8) is 0 Å². The van der Waals surface area contributed by atoms with E-state index >= 15 is 0 Å². The maximum Gasteiger partial charge on any atom is -0.00161 e. The summed E-state index contributed by atoms with van der Waals surface area (Å²) in [7, 11) is 0. The summed E-state index contributed by atoms with van der Waals surface area (Å²) in [6, 6.07) is 0. The monoisotopic (exact) mass is 240 g/mol. The largest absolute Gasteiger partial charge is 0.330 e. The number of nitrogens with zero attached hydrogens (tertiary/aromatic N) is 1. The third kappa shape index (κ3) is 5.87. The van der Waals surface area contributed by atoms with Gasteiger partial charge in [0.25, 0.3) is 0 Å². The minimum atomic E-state index is 0.334. The molecule has 0 saturated carbocycles. The lowest BCUT2D eigenvalue weighted by Gasteiger charge is -2.32. The van der Waals surface area contributed by atoms with Gasteiger partial charge in [-0.1, -0.05) is 33.6 Å². The number of likely N-dealkylation sites (tertiary alicyclic amines) is 1. The van der Waals surface area contributed by atoms with Crippen molar-refractivity contribution in [1.29, 1.82) is 0 Å². The van der Waals surface area contributed by atoms with E-state index in [-0.39, 0.29) is 0 Å². The zero-order valence-corrected chi connectivity index (χ0v) is 12.2. The molecule has 0 aliphatic carbocycles. The van der Waals surface area contributed by atoms with Crippen LogP contribution >= 0.6 is 0 Å². The highest BCUT2D eigenvalue weighted by Crippen LogP contribution is 2.24. The van der Waals surface area contributed by atoms with Gasteiger partial charge in [-0.2, -0.15) is 0 Å². The van der Waals surface area contributed by atoms with Gasteiger partial charge in [0, 0.05) is 0 Å². The number of rotatable bonds is 7. The van der Waals surface area contributed by atoms with Crippen molar-refractivity contribution >= 4 is 0 Å². The molecule has 0 aromatic heterocycles. The van der Waals surface area contributed by atoms with Crippen molar-refractivity contribution in [2.75, 3.05) is 26.2 Å². The molecule has 0 unspecified atom stereocenters. The van der Waals surface area contributed by atoms with Crippen molar-refractivity contribution in [3.05, 3.63) is 0 Å². The van der Waals surface area contributed by atoms with Gasteiger partial charge >= 0.3 is 0 Å². The molecule has 0 spiro atoms. The molecule has 17 heavy (non-hydrogen) atoms. The first-order chi connectivity index (χ1) is 8.07. The minimum Gasteiger partial charge on any atom is -0.330 e. The Morgan fingerprint density at radius 3 is 2.41 bits per heavy atom. The summed E-state index contributed by atoms with van der Waals surface area (Å²) in [5.41, 5.74) is 6.10. The predicted molar refractivity (Wildman–Crippen MR) is 76.1 cm³/mol. The molecule has 0 aromatic carbocycles. The lowest BCUT2D eigenvalue weighted by atomic mass is 9.87. The molecular weight excluding hydrogens is 208 g/mol. The zero-order chi connectivity index (χ0) is 12.7. The molecule has 0 aromatic rings. The van der Waals surface area contributed by atoms with Crippen LogP contribution in [0.15, 0.2) is 0 Å². The van der Waals surface area contributed by atoms with Gasteiger partial charge in [0.15, 0.2) is 0 Å². The SMILES string of the molecule is CCCC1CCN(CCCC(C)(C)CN)CC1. The Bertz CT molecular complexity index is 193. The molecule has 1 aliphatic heterocycles. The summed E-state index contributed by atoms with van der Waals surface area (Å²) in [6.45, 7) is 11.6. The Hall–Kier alpha value is -0.0800. The van der Waals surface area contributed by atoms with Crippen LogP contribution in [0, 0.1) is 11.3 Å². The molecule has 1 saturated heterocycles. The third-order valence-electron chi connectivity index (χ3n) is 4.28. The quantitative estimate of drug-likeness (QED) is 0.740. The molecular formula is C15H32N2. The van der Waals surface area contributed by atoms with Crippen LogP contribution in [0.5, 0.6) is 0 Å². The van der Waals surface area contributed by atoms with Crippen LogP contribution in [0.25, 0.3) is 0 Å². The van der Waals surface area contributed by atoms with Crippen LogP contribution in [0.3, 0.4) is 0 Å². The van der Waals surface area contributed by atoms with E-state index in [1.54, 1.807) is 0 Å². The van der Waals surface area contributed by atoms with E-state index in [0.29, 0.717) is 5.41 Å². The van der Waals surface area contributed by atoms with E-state index in [1.807, 2.05) is 0 Å². The Kier molecular flexibility index (Phi) is 6.50. The van der Waals surface area contributed by atoms with Gasteiger partial charge in [-0.3, -0.25) is 0 Å². The Balaban J connectivity index is 2.10. The first kappa shape index (κ1) is 15.0. The molecule has 2 N–H and O–H groups in total. The second-order valence-corrected chi connectivity index (χ2v) is 6.55. The molecule has 2 nitrogen and oxygen atoms in total. The average molecular weight is 240 g/mol. The van der Waals surface area contributed by atoms with Gasteiger partial charge in [0.1, 0.15) is 0 Å². The zero-order valence-electron chi connectivity index (χ0n) is 12.2. The summed E-state index contributed by atoms with van der Waals surface area (Å²) >= 11 is 0. The summed E-state index contributed by atoms with van der Waals surface area (Å²) in [4.78, 5) is 2.65. The fourth-order valence-electron chi connectivity index (χ4n) is 2.79. The highest BCUT2D eigenvalue weighted by Gasteiger charge is 2.19. The number of hydrogen-bond acceptors (Lipinski definition) is 2. The molecule has 0 bridgehead atoms. The lowest BCUT2D eigenvalue weighted by molar-refractivity contribution is 0.168. The normalized spacial score (nSPS) is 19.8. The van der Waals surface area contributed by atoms with Crippen molar-refractivity contribution in [1.82, 2.24) is 4.90 Å². The first-order valence-electron chi connectivity index (χ1n) is 7.50. The van der Waals surface area contributed by atoms with Gasteiger partial charge in [0.2, 0.25) is 0 Å². The van der Waals surface area contributed by atoms with Crippen LogP contribution < -0.4 is 5.73 Å². The number of nitrogens with two attached hydrogens (primary N) is 1. The molecule has 1 fully saturated rings. The van der Waals surface area contributed by atoms with E-state index in [1.165, 1.54) is 58.2 Å². The average Bonchev–Trinajstić information content (AvgIpc) is 2.32. The standard InChI is InChI=1S/C15H32N2/c1-4-6-14-7-11-17(12-8-14)10-5-9-15(2,3)13-16/h14H,4-13,16H2,1-3H3. The molecule has 102 valence electrons. The topological polar surface area (TPSA) is 29.3 Å². The smallest absolute Gasteiger partial charge is 0.00161 e. The van der Waals surface area contributed by atoms with Crippen molar-refractivity contribution in [2.45, 2.75) is 59.3 Å². The molecule has 2 heteroatoms. The van der Waals surface area contributed by atoms with Gasteiger partial charge in [-0.05, 0) is 63.2 Å². The van der Waals surface area contributed by atoms with Crippen LogP contribution in [-0.4, -0.2) is 31.1 Å². The molecule has 0 radical (unpaired) electrons. The van der Waals surface area contributed by atoms with Crippen LogP contribution in [-0.2, 0) is 0 Å². The van der Waals surface area contributed by atoms with Gasteiger partial charge < -0.3 is 10.6 Å². The minimum absolute atomic E-state index is 0.334. The fourth-order valence-corrected chi connectivity index (χ4v) is 2.79. The van der Waals surface area contributed by atoms with E-state index in [0.717, 1.165) is 12.5 Å². The molecule has 0 amide bonds. The fraction of sp³-hybridized carbons (Fsp3) is 1.00. The van der Waals surface area contributed by atoms with Crippen LogP contribution in [0.4, 0.5) is 0 Å². The number of piperidine rings is 1. The maximum absolute atomic E-state index is 5.76. The molecule has 1 aliphatic rings. The van der Waals surface area contributed by atoms with E-state index < -0.39 is 0 Å². The highest BCUT2D eigenvalue weighted by atomic mass is 15.1. The van der Waals surface area contributed by atoms with Gasteiger partial charge in [-0.15, -0.1) is 0 Å². The van der Waals surface area contributed by atoms with Crippen LogP contribution in [0.2, 0.25) is 0 Å². The maximum atomic E-state index is 5.76. The van der Waals surface area contributed by atoms with Crippen molar-refractivity contribution in [3.8, 4) is 0 Å². The van der Waals surface area contributed by atoms with Crippen molar-refractivity contribution < 1.29 is 0 Å². The number of hydrogen-bond donors (Lipinski definition) is 1. The second-order valence-electron chi connectivity index (χ2n) is 6.55.